The van der Waals surface area contributed by atoms with Crippen molar-refractivity contribution in [1.29, 1.82) is 0 Å². The lowest BCUT2D eigenvalue weighted by Gasteiger charge is -2.09. The number of carbonyl (C=O) groups is 1. The fourth-order valence-corrected chi connectivity index (χ4v) is 1.66. The molecule has 0 radical (unpaired) electrons. The first-order chi connectivity index (χ1) is 9.10. The van der Waals surface area contributed by atoms with Crippen molar-refractivity contribution in [3.8, 4) is 17.2 Å². The number of aromatic carboxylic acids is 1. The number of methoxy groups -OCH3 is 1. The lowest BCUT2D eigenvalue weighted by molar-refractivity contribution is 0.0693. The lowest BCUT2D eigenvalue weighted by atomic mass is 10.2. The SMILES string of the molecule is COc1ccc(Oc2ccc(C)cc2)cc1C(=O)O. The summed E-state index contributed by atoms with van der Waals surface area (Å²) >= 11 is 0. The van der Waals surface area contributed by atoms with E-state index in [4.69, 9.17) is 14.6 Å². The molecule has 19 heavy (non-hydrogen) atoms. The van der Waals surface area contributed by atoms with Gasteiger partial charge in [-0.15, -0.1) is 0 Å². The van der Waals surface area contributed by atoms with Gasteiger partial charge in [0.05, 0.1) is 7.11 Å². The third-order valence-electron chi connectivity index (χ3n) is 2.66. The second kappa shape index (κ2) is 5.44. The Morgan fingerprint density at radius 3 is 2.26 bits per heavy atom. The number of hydrogen-bond acceptors (Lipinski definition) is 3. The fourth-order valence-electron chi connectivity index (χ4n) is 1.66. The van der Waals surface area contributed by atoms with E-state index in [-0.39, 0.29) is 5.56 Å². The number of carboxylic acids is 1. The molecule has 2 aromatic rings. The number of carboxylic acid groups (broad SMARTS) is 1. The molecule has 2 rings (SSSR count). The molecule has 0 spiro atoms. The largest absolute Gasteiger partial charge is 0.496 e. The predicted octanol–water partition coefficient (Wildman–Crippen LogP) is 3.49. The summed E-state index contributed by atoms with van der Waals surface area (Å²) in [5.41, 5.74) is 1.21. The molecule has 0 saturated carbocycles. The Morgan fingerprint density at radius 1 is 1.05 bits per heavy atom. The first kappa shape index (κ1) is 13.0. The number of ether oxygens (including phenoxy) is 2. The van der Waals surface area contributed by atoms with Crippen molar-refractivity contribution in [2.75, 3.05) is 7.11 Å². The molecule has 0 fully saturated rings. The highest BCUT2D eigenvalue weighted by atomic mass is 16.5. The van der Waals surface area contributed by atoms with Crippen molar-refractivity contribution in [1.82, 2.24) is 0 Å². The number of rotatable bonds is 4. The van der Waals surface area contributed by atoms with E-state index in [0.717, 1.165) is 5.56 Å². The average Bonchev–Trinajstić information content (AvgIpc) is 2.41. The van der Waals surface area contributed by atoms with Crippen LogP contribution in [0.3, 0.4) is 0 Å². The number of aryl methyl sites for hydroxylation is 1. The second-order valence-corrected chi connectivity index (χ2v) is 4.08. The van der Waals surface area contributed by atoms with Crippen LogP contribution in [0, 0.1) is 6.92 Å². The Hall–Kier alpha value is -2.49. The van der Waals surface area contributed by atoms with Gasteiger partial charge >= 0.3 is 5.97 Å². The summed E-state index contributed by atoms with van der Waals surface area (Å²) in [7, 11) is 1.43. The molecule has 0 heterocycles. The quantitative estimate of drug-likeness (QED) is 0.912. The van der Waals surface area contributed by atoms with Gasteiger partial charge in [-0.05, 0) is 37.3 Å². The van der Waals surface area contributed by atoms with Crippen LogP contribution in [0.15, 0.2) is 42.5 Å². The Balaban J connectivity index is 2.28. The Bertz CT molecular complexity index is 588. The molecular formula is C15H14O4. The highest BCUT2D eigenvalue weighted by Crippen LogP contribution is 2.27. The topological polar surface area (TPSA) is 55.8 Å². The van der Waals surface area contributed by atoms with Gasteiger partial charge < -0.3 is 14.6 Å². The Morgan fingerprint density at radius 2 is 1.68 bits per heavy atom. The van der Waals surface area contributed by atoms with Crippen LogP contribution in [0.4, 0.5) is 0 Å². The van der Waals surface area contributed by atoms with Gasteiger partial charge in [0, 0.05) is 0 Å². The monoisotopic (exact) mass is 258 g/mol. The van der Waals surface area contributed by atoms with Crippen molar-refractivity contribution >= 4 is 5.97 Å². The summed E-state index contributed by atoms with van der Waals surface area (Å²) in [6.45, 7) is 1.99. The molecule has 0 aliphatic carbocycles. The minimum absolute atomic E-state index is 0.0760. The summed E-state index contributed by atoms with van der Waals surface area (Å²) < 4.78 is 10.6. The molecule has 4 heteroatoms. The zero-order chi connectivity index (χ0) is 13.8. The highest BCUT2D eigenvalue weighted by Gasteiger charge is 2.12. The van der Waals surface area contributed by atoms with Crippen LogP contribution in [0.25, 0.3) is 0 Å². The predicted molar refractivity (Wildman–Crippen MR) is 71.2 cm³/mol. The van der Waals surface area contributed by atoms with Gasteiger partial charge in [0.25, 0.3) is 0 Å². The molecule has 0 amide bonds. The minimum Gasteiger partial charge on any atom is -0.496 e. The van der Waals surface area contributed by atoms with E-state index in [2.05, 4.69) is 0 Å². The molecular weight excluding hydrogens is 244 g/mol. The molecule has 0 aromatic heterocycles. The summed E-state index contributed by atoms with van der Waals surface area (Å²) in [6, 6.07) is 12.2. The molecule has 4 nitrogen and oxygen atoms in total. The second-order valence-electron chi connectivity index (χ2n) is 4.08. The van der Waals surface area contributed by atoms with E-state index >= 15 is 0 Å². The molecule has 0 atom stereocenters. The van der Waals surface area contributed by atoms with Gasteiger partial charge in [-0.3, -0.25) is 0 Å². The molecule has 0 aliphatic heterocycles. The van der Waals surface area contributed by atoms with E-state index in [1.165, 1.54) is 13.2 Å². The molecule has 1 N–H and O–H groups in total. The summed E-state index contributed by atoms with van der Waals surface area (Å²) in [6.07, 6.45) is 0. The van der Waals surface area contributed by atoms with Crippen molar-refractivity contribution < 1.29 is 19.4 Å². The fraction of sp³-hybridized carbons (Fsp3) is 0.133. The standard InChI is InChI=1S/C15H14O4/c1-10-3-5-11(6-4-10)19-12-7-8-14(18-2)13(9-12)15(16)17/h3-9H,1-2H3,(H,16,17). The first-order valence-electron chi connectivity index (χ1n) is 5.76. The lowest BCUT2D eigenvalue weighted by Crippen LogP contribution is -2.00. The van der Waals surface area contributed by atoms with Crippen molar-refractivity contribution in [3.05, 3.63) is 53.6 Å². The van der Waals surface area contributed by atoms with E-state index in [0.29, 0.717) is 17.2 Å². The van der Waals surface area contributed by atoms with E-state index in [9.17, 15) is 4.79 Å². The molecule has 0 unspecified atom stereocenters. The van der Waals surface area contributed by atoms with Crippen LogP contribution < -0.4 is 9.47 Å². The maximum Gasteiger partial charge on any atom is 0.339 e. The molecule has 0 saturated heterocycles. The molecule has 0 aliphatic rings. The Kier molecular flexibility index (Phi) is 3.71. The van der Waals surface area contributed by atoms with Crippen LogP contribution in [0.5, 0.6) is 17.2 Å². The van der Waals surface area contributed by atoms with Crippen molar-refractivity contribution in [3.63, 3.8) is 0 Å². The zero-order valence-corrected chi connectivity index (χ0v) is 10.7. The normalized spacial score (nSPS) is 10.0. The first-order valence-corrected chi connectivity index (χ1v) is 5.76. The van der Waals surface area contributed by atoms with Crippen LogP contribution in [0.2, 0.25) is 0 Å². The Labute approximate surface area is 111 Å². The average molecular weight is 258 g/mol. The van der Waals surface area contributed by atoms with Crippen LogP contribution in [0.1, 0.15) is 15.9 Å². The third-order valence-corrected chi connectivity index (χ3v) is 2.66. The molecule has 0 bridgehead atoms. The molecule has 2 aromatic carbocycles. The summed E-state index contributed by atoms with van der Waals surface area (Å²) in [4.78, 5) is 11.1. The van der Waals surface area contributed by atoms with Crippen molar-refractivity contribution in [2.45, 2.75) is 6.92 Å². The van der Waals surface area contributed by atoms with Gasteiger partial charge in [-0.2, -0.15) is 0 Å². The van der Waals surface area contributed by atoms with Crippen LogP contribution >= 0.6 is 0 Å². The van der Waals surface area contributed by atoms with Gasteiger partial charge in [0.1, 0.15) is 22.8 Å². The number of benzene rings is 2. The van der Waals surface area contributed by atoms with E-state index in [1.54, 1.807) is 12.1 Å². The van der Waals surface area contributed by atoms with E-state index < -0.39 is 5.97 Å². The highest BCUT2D eigenvalue weighted by molar-refractivity contribution is 5.91. The minimum atomic E-state index is -1.05. The van der Waals surface area contributed by atoms with Gasteiger partial charge in [0.2, 0.25) is 0 Å². The zero-order valence-electron chi connectivity index (χ0n) is 10.7. The van der Waals surface area contributed by atoms with Crippen molar-refractivity contribution in [2.24, 2.45) is 0 Å². The van der Waals surface area contributed by atoms with Gasteiger partial charge in [-0.25, -0.2) is 4.79 Å². The molecule has 98 valence electrons. The maximum atomic E-state index is 11.1. The summed E-state index contributed by atoms with van der Waals surface area (Å²) in [5, 5.41) is 9.09. The third kappa shape index (κ3) is 3.04. The van der Waals surface area contributed by atoms with Crippen LogP contribution in [-0.4, -0.2) is 18.2 Å². The van der Waals surface area contributed by atoms with Gasteiger partial charge in [-0.1, -0.05) is 17.7 Å². The van der Waals surface area contributed by atoms with Gasteiger partial charge in [0.15, 0.2) is 0 Å². The summed E-state index contributed by atoms with van der Waals surface area (Å²) in [5.74, 6) is 0.379. The van der Waals surface area contributed by atoms with E-state index in [1.807, 2.05) is 31.2 Å². The van der Waals surface area contributed by atoms with Crippen LogP contribution in [-0.2, 0) is 0 Å². The smallest absolute Gasteiger partial charge is 0.339 e. The number of hydrogen-bond donors (Lipinski definition) is 1. The maximum absolute atomic E-state index is 11.1.